The van der Waals surface area contributed by atoms with E-state index in [9.17, 15) is 4.79 Å². The molecule has 3 rings (SSSR count). The molecule has 0 aliphatic heterocycles. The largest absolute Gasteiger partial charge is 0.324 e. The van der Waals surface area contributed by atoms with E-state index in [0.29, 0.717) is 5.69 Å². The monoisotopic (exact) mass is 294 g/mol. The lowest BCUT2D eigenvalue weighted by atomic mass is 10.1. The lowest BCUT2D eigenvalue weighted by molar-refractivity contribution is 0.102. The van der Waals surface area contributed by atoms with E-state index in [1.54, 1.807) is 10.6 Å². The number of anilines is 1. The van der Waals surface area contributed by atoms with Crippen LogP contribution in [0.5, 0.6) is 0 Å². The Balaban J connectivity index is 1.93. The molecule has 2 aromatic heterocycles. The van der Waals surface area contributed by atoms with Gasteiger partial charge >= 0.3 is 0 Å². The minimum Gasteiger partial charge on any atom is -0.324 e. The Morgan fingerprint density at radius 3 is 2.91 bits per heavy atom. The fraction of sp³-hybridized carbons (Fsp3) is 0.176. The third kappa shape index (κ3) is 2.58. The summed E-state index contributed by atoms with van der Waals surface area (Å²) in [5, 5.41) is 2.94. The Kier molecular flexibility index (Phi) is 3.65. The van der Waals surface area contributed by atoms with Gasteiger partial charge in [-0.15, -0.1) is 0 Å². The zero-order valence-corrected chi connectivity index (χ0v) is 12.6. The second-order valence-electron chi connectivity index (χ2n) is 5.39. The van der Waals surface area contributed by atoms with Crippen molar-refractivity contribution in [2.75, 3.05) is 5.32 Å². The first-order chi connectivity index (χ1) is 10.6. The first-order valence-electron chi connectivity index (χ1n) is 7.16. The minimum atomic E-state index is -0.191. The summed E-state index contributed by atoms with van der Waals surface area (Å²) in [6.45, 7) is 3.87. The molecule has 0 spiro atoms. The van der Waals surface area contributed by atoms with Crippen LogP contribution in [0.1, 0.15) is 34.6 Å². The molecule has 112 valence electrons. The highest BCUT2D eigenvalue weighted by atomic mass is 16.1. The predicted molar refractivity (Wildman–Crippen MR) is 86.9 cm³/mol. The molecule has 3 aromatic rings. The summed E-state index contributed by atoms with van der Waals surface area (Å²) < 4.78 is 1.76. The van der Waals surface area contributed by atoms with Crippen LogP contribution in [0, 0.1) is 6.92 Å². The van der Waals surface area contributed by atoms with Crippen molar-refractivity contribution in [2.45, 2.75) is 19.9 Å². The fourth-order valence-corrected chi connectivity index (χ4v) is 2.34. The predicted octanol–water partition coefficient (Wildman–Crippen LogP) is 2.91. The maximum atomic E-state index is 12.5. The second kappa shape index (κ2) is 5.61. The van der Waals surface area contributed by atoms with Crippen molar-refractivity contribution in [2.24, 2.45) is 5.73 Å². The van der Waals surface area contributed by atoms with Crippen LogP contribution in [-0.4, -0.2) is 15.3 Å². The maximum Gasteiger partial charge on any atom is 0.274 e. The molecule has 1 atom stereocenters. The van der Waals surface area contributed by atoms with Crippen molar-refractivity contribution >= 4 is 17.2 Å². The van der Waals surface area contributed by atoms with E-state index in [4.69, 9.17) is 5.73 Å². The van der Waals surface area contributed by atoms with Crippen molar-refractivity contribution in [1.82, 2.24) is 9.38 Å². The highest BCUT2D eigenvalue weighted by molar-refractivity contribution is 6.03. The normalized spacial score (nSPS) is 12.3. The molecule has 0 fully saturated rings. The number of aryl methyl sites for hydroxylation is 1. The molecule has 5 heteroatoms. The lowest BCUT2D eigenvalue weighted by Gasteiger charge is -2.12. The number of rotatable bonds is 3. The van der Waals surface area contributed by atoms with Gasteiger partial charge in [-0.3, -0.25) is 9.20 Å². The summed E-state index contributed by atoms with van der Waals surface area (Å²) in [6, 6.07) is 11.4. The molecule has 22 heavy (non-hydrogen) atoms. The second-order valence-corrected chi connectivity index (χ2v) is 5.39. The average molecular weight is 294 g/mol. The average Bonchev–Trinajstić information content (AvgIpc) is 2.93. The number of nitrogens with zero attached hydrogens (tertiary/aromatic N) is 2. The number of imidazole rings is 1. The van der Waals surface area contributed by atoms with E-state index in [1.165, 1.54) is 0 Å². The SMILES string of the molecule is Cc1ccc([C@H](C)N)cc1NC(=O)c1cnc2ccccn12. The standard InChI is InChI=1S/C17H18N4O/c1-11-6-7-13(12(2)18)9-14(11)20-17(22)15-10-19-16-5-3-4-8-21(15)16/h3-10,12H,18H2,1-2H3,(H,20,22)/t12-/m0/s1. The highest BCUT2D eigenvalue weighted by Gasteiger charge is 2.13. The molecule has 2 heterocycles. The van der Waals surface area contributed by atoms with E-state index < -0.39 is 0 Å². The molecule has 3 N–H and O–H groups in total. The fourth-order valence-electron chi connectivity index (χ4n) is 2.34. The molecule has 0 saturated carbocycles. The molecular formula is C17H18N4O. The summed E-state index contributed by atoms with van der Waals surface area (Å²) in [7, 11) is 0. The van der Waals surface area contributed by atoms with Gasteiger partial charge in [-0.2, -0.15) is 0 Å². The number of pyridine rings is 1. The maximum absolute atomic E-state index is 12.5. The number of benzene rings is 1. The first kappa shape index (κ1) is 14.3. The summed E-state index contributed by atoms with van der Waals surface area (Å²) in [5.74, 6) is -0.191. The van der Waals surface area contributed by atoms with Gasteiger partial charge in [0.1, 0.15) is 11.3 Å². The summed E-state index contributed by atoms with van der Waals surface area (Å²) >= 11 is 0. The van der Waals surface area contributed by atoms with Crippen LogP contribution in [0.4, 0.5) is 5.69 Å². The minimum absolute atomic E-state index is 0.0768. The quantitative estimate of drug-likeness (QED) is 0.780. The van der Waals surface area contributed by atoms with Crippen molar-refractivity contribution in [3.05, 3.63) is 65.6 Å². The number of carbonyl (C=O) groups is 1. The van der Waals surface area contributed by atoms with E-state index >= 15 is 0 Å². The summed E-state index contributed by atoms with van der Waals surface area (Å²) in [4.78, 5) is 16.8. The van der Waals surface area contributed by atoms with Crippen LogP contribution in [0.2, 0.25) is 0 Å². The van der Waals surface area contributed by atoms with Gasteiger partial charge in [0.15, 0.2) is 0 Å². The number of fused-ring (bicyclic) bond motifs is 1. The van der Waals surface area contributed by atoms with Crippen LogP contribution < -0.4 is 11.1 Å². The molecular weight excluding hydrogens is 276 g/mol. The zero-order valence-electron chi connectivity index (χ0n) is 12.6. The highest BCUT2D eigenvalue weighted by Crippen LogP contribution is 2.21. The van der Waals surface area contributed by atoms with Gasteiger partial charge in [0.05, 0.1) is 6.20 Å². The number of hydrogen-bond donors (Lipinski definition) is 2. The number of aromatic nitrogens is 2. The van der Waals surface area contributed by atoms with E-state index in [-0.39, 0.29) is 11.9 Å². The molecule has 0 bridgehead atoms. The molecule has 0 aliphatic rings. The van der Waals surface area contributed by atoms with Crippen molar-refractivity contribution in [1.29, 1.82) is 0 Å². The van der Waals surface area contributed by atoms with Crippen molar-refractivity contribution < 1.29 is 4.79 Å². The Labute approximate surface area is 128 Å². The molecule has 5 nitrogen and oxygen atoms in total. The van der Waals surface area contributed by atoms with E-state index in [2.05, 4.69) is 10.3 Å². The number of carbonyl (C=O) groups excluding carboxylic acids is 1. The van der Waals surface area contributed by atoms with Crippen molar-refractivity contribution in [3.63, 3.8) is 0 Å². The number of hydrogen-bond acceptors (Lipinski definition) is 3. The van der Waals surface area contributed by atoms with Crippen LogP contribution in [0.25, 0.3) is 5.65 Å². The number of nitrogens with two attached hydrogens (primary N) is 1. The van der Waals surface area contributed by atoms with Gasteiger partial charge < -0.3 is 11.1 Å². The molecule has 1 amide bonds. The van der Waals surface area contributed by atoms with Crippen LogP contribution >= 0.6 is 0 Å². The summed E-state index contributed by atoms with van der Waals surface area (Å²) in [6.07, 6.45) is 3.40. The van der Waals surface area contributed by atoms with Gasteiger partial charge in [-0.25, -0.2) is 4.98 Å². The van der Waals surface area contributed by atoms with Gasteiger partial charge in [-0.05, 0) is 43.2 Å². The van der Waals surface area contributed by atoms with E-state index in [0.717, 1.165) is 22.5 Å². The summed E-state index contributed by atoms with van der Waals surface area (Å²) in [5.41, 5.74) is 9.90. The van der Waals surface area contributed by atoms with E-state index in [1.807, 2.05) is 56.4 Å². The van der Waals surface area contributed by atoms with Gasteiger partial charge in [-0.1, -0.05) is 18.2 Å². The smallest absolute Gasteiger partial charge is 0.274 e. The topological polar surface area (TPSA) is 72.4 Å². The van der Waals surface area contributed by atoms with Crippen molar-refractivity contribution in [3.8, 4) is 0 Å². The third-order valence-corrected chi connectivity index (χ3v) is 3.69. The zero-order chi connectivity index (χ0) is 15.7. The van der Waals surface area contributed by atoms with Gasteiger partial charge in [0, 0.05) is 17.9 Å². The Morgan fingerprint density at radius 1 is 1.32 bits per heavy atom. The first-order valence-corrected chi connectivity index (χ1v) is 7.16. The molecule has 0 saturated heterocycles. The molecule has 0 radical (unpaired) electrons. The molecule has 0 unspecified atom stereocenters. The Morgan fingerprint density at radius 2 is 2.14 bits per heavy atom. The Hall–Kier alpha value is -2.66. The number of nitrogens with one attached hydrogen (secondary N) is 1. The van der Waals surface area contributed by atoms with Crippen LogP contribution in [0.3, 0.4) is 0 Å². The third-order valence-electron chi connectivity index (χ3n) is 3.69. The molecule has 0 aliphatic carbocycles. The van der Waals surface area contributed by atoms with Gasteiger partial charge in [0.25, 0.3) is 5.91 Å². The lowest BCUT2D eigenvalue weighted by Crippen LogP contribution is -2.15. The Bertz CT molecular complexity index is 836. The van der Waals surface area contributed by atoms with Gasteiger partial charge in [0.2, 0.25) is 0 Å². The van der Waals surface area contributed by atoms with Crippen LogP contribution in [0.15, 0.2) is 48.8 Å². The van der Waals surface area contributed by atoms with Crippen LogP contribution in [-0.2, 0) is 0 Å². The number of amides is 1. The molecule has 1 aromatic carbocycles.